The number of hydrogen-bond donors (Lipinski definition) is 2. The van der Waals surface area contributed by atoms with Gasteiger partial charge in [-0.25, -0.2) is 9.48 Å². The van der Waals surface area contributed by atoms with Gasteiger partial charge in [0.1, 0.15) is 0 Å². The maximum Gasteiger partial charge on any atom is 0.323 e. The average Bonchev–Trinajstić information content (AvgIpc) is 3.27. The Labute approximate surface area is 155 Å². The number of aromatic nitrogens is 5. The number of hydrogen-bond acceptors (Lipinski definition) is 4. The van der Waals surface area contributed by atoms with E-state index < -0.39 is 0 Å². The molecular weight excluding hydrogens is 342 g/mol. The minimum Gasteiger partial charge on any atom is -0.348 e. The standard InChI is InChI=1S/C19H19N7O/c1-3-26-10-9-13-11-16(7-8-17(13)26)21-19(27)20-15-6-4-5-14(12-15)18-22-23-24-25(18)2/h4-12H,3H2,1-2H3,(H2,20,21,27). The maximum atomic E-state index is 12.4. The van der Waals surface area contributed by atoms with Gasteiger partial charge in [-0.3, -0.25) is 0 Å². The average molecular weight is 361 g/mol. The van der Waals surface area contributed by atoms with E-state index in [0.717, 1.165) is 28.7 Å². The molecule has 0 atom stereocenters. The summed E-state index contributed by atoms with van der Waals surface area (Å²) in [6.45, 7) is 3.01. The number of carbonyl (C=O) groups is 1. The minimum atomic E-state index is -0.308. The van der Waals surface area contributed by atoms with Gasteiger partial charge < -0.3 is 15.2 Å². The number of rotatable bonds is 4. The molecule has 0 aliphatic rings. The van der Waals surface area contributed by atoms with Gasteiger partial charge >= 0.3 is 6.03 Å². The fraction of sp³-hybridized carbons (Fsp3) is 0.158. The molecule has 2 aromatic carbocycles. The molecule has 27 heavy (non-hydrogen) atoms. The Balaban J connectivity index is 1.49. The van der Waals surface area contributed by atoms with Crippen molar-refractivity contribution in [1.82, 2.24) is 24.8 Å². The summed E-state index contributed by atoms with van der Waals surface area (Å²) in [6.07, 6.45) is 2.04. The number of fused-ring (bicyclic) bond motifs is 1. The molecule has 4 aromatic rings. The van der Waals surface area contributed by atoms with E-state index in [1.807, 2.05) is 54.7 Å². The second-order valence-electron chi connectivity index (χ2n) is 6.16. The van der Waals surface area contributed by atoms with Crippen LogP contribution in [0.15, 0.2) is 54.7 Å². The van der Waals surface area contributed by atoms with Gasteiger partial charge in [-0.05, 0) is 53.7 Å². The molecule has 2 aromatic heterocycles. The van der Waals surface area contributed by atoms with E-state index in [9.17, 15) is 4.79 Å². The summed E-state index contributed by atoms with van der Waals surface area (Å²) >= 11 is 0. The molecule has 0 aliphatic carbocycles. The fourth-order valence-electron chi connectivity index (χ4n) is 3.06. The Morgan fingerprint density at radius 1 is 1.07 bits per heavy atom. The van der Waals surface area contributed by atoms with Crippen molar-refractivity contribution in [3.8, 4) is 11.4 Å². The van der Waals surface area contributed by atoms with Crippen LogP contribution in [0.5, 0.6) is 0 Å². The van der Waals surface area contributed by atoms with Crippen molar-refractivity contribution < 1.29 is 4.79 Å². The van der Waals surface area contributed by atoms with Gasteiger partial charge in [-0.2, -0.15) is 0 Å². The quantitative estimate of drug-likeness (QED) is 0.582. The van der Waals surface area contributed by atoms with Gasteiger partial charge in [0.2, 0.25) is 0 Å². The highest BCUT2D eigenvalue weighted by atomic mass is 16.2. The van der Waals surface area contributed by atoms with Crippen molar-refractivity contribution >= 4 is 28.3 Å². The lowest BCUT2D eigenvalue weighted by Gasteiger charge is -2.09. The zero-order valence-corrected chi connectivity index (χ0v) is 15.0. The molecule has 0 saturated carbocycles. The molecule has 0 bridgehead atoms. The Kier molecular flexibility index (Phi) is 4.29. The first-order valence-corrected chi connectivity index (χ1v) is 8.64. The third-order valence-corrected chi connectivity index (χ3v) is 4.37. The molecule has 0 radical (unpaired) electrons. The second-order valence-corrected chi connectivity index (χ2v) is 6.16. The first-order valence-electron chi connectivity index (χ1n) is 8.64. The van der Waals surface area contributed by atoms with Crippen molar-refractivity contribution in [1.29, 1.82) is 0 Å². The van der Waals surface area contributed by atoms with Crippen LogP contribution in [0.25, 0.3) is 22.3 Å². The summed E-state index contributed by atoms with van der Waals surface area (Å²) in [4.78, 5) is 12.4. The number of nitrogens with one attached hydrogen (secondary N) is 2. The van der Waals surface area contributed by atoms with Crippen LogP contribution in [0.3, 0.4) is 0 Å². The van der Waals surface area contributed by atoms with Crippen molar-refractivity contribution in [2.24, 2.45) is 7.05 Å². The van der Waals surface area contributed by atoms with Crippen molar-refractivity contribution in [2.45, 2.75) is 13.5 Å². The van der Waals surface area contributed by atoms with Crippen LogP contribution in [0.1, 0.15) is 6.92 Å². The normalized spacial score (nSPS) is 10.9. The van der Waals surface area contributed by atoms with Crippen molar-refractivity contribution in [3.63, 3.8) is 0 Å². The first-order chi connectivity index (χ1) is 13.1. The van der Waals surface area contributed by atoms with Gasteiger partial charge in [0.05, 0.1) is 0 Å². The van der Waals surface area contributed by atoms with E-state index in [-0.39, 0.29) is 6.03 Å². The molecule has 136 valence electrons. The molecule has 0 saturated heterocycles. The lowest BCUT2D eigenvalue weighted by atomic mass is 10.2. The van der Waals surface area contributed by atoms with E-state index in [4.69, 9.17) is 0 Å². The van der Waals surface area contributed by atoms with E-state index >= 15 is 0 Å². The smallest absolute Gasteiger partial charge is 0.323 e. The van der Waals surface area contributed by atoms with Crippen LogP contribution in [0.4, 0.5) is 16.2 Å². The van der Waals surface area contributed by atoms with Gasteiger partial charge in [0.15, 0.2) is 5.82 Å². The topological polar surface area (TPSA) is 89.7 Å². The molecule has 0 aliphatic heterocycles. The van der Waals surface area contributed by atoms with E-state index in [2.05, 4.69) is 37.6 Å². The number of benzene rings is 2. The Morgan fingerprint density at radius 3 is 2.63 bits per heavy atom. The molecule has 8 nitrogen and oxygen atoms in total. The fourth-order valence-corrected chi connectivity index (χ4v) is 3.06. The second kappa shape index (κ2) is 6.91. The lowest BCUT2D eigenvalue weighted by Crippen LogP contribution is -2.19. The Hall–Kier alpha value is -3.68. The van der Waals surface area contributed by atoms with Crippen LogP contribution >= 0.6 is 0 Å². The molecule has 8 heteroatoms. The summed E-state index contributed by atoms with van der Waals surface area (Å²) in [5.74, 6) is 0.630. The summed E-state index contributed by atoms with van der Waals surface area (Å²) < 4.78 is 3.74. The highest BCUT2D eigenvalue weighted by Crippen LogP contribution is 2.22. The predicted molar refractivity (Wildman–Crippen MR) is 104 cm³/mol. The lowest BCUT2D eigenvalue weighted by molar-refractivity contribution is 0.262. The van der Waals surface area contributed by atoms with Crippen molar-refractivity contribution in [3.05, 3.63) is 54.7 Å². The SMILES string of the molecule is CCn1ccc2cc(NC(=O)Nc3cccc(-c4nnnn4C)c3)ccc21. The number of aryl methyl sites for hydroxylation is 2. The van der Waals surface area contributed by atoms with Gasteiger partial charge in [-0.15, -0.1) is 5.10 Å². The van der Waals surface area contributed by atoms with Gasteiger partial charge in [-0.1, -0.05) is 12.1 Å². The van der Waals surface area contributed by atoms with Gasteiger partial charge in [0, 0.05) is 47.6 Å². The number of urea groups is 1. The van der Waals surface area contributed by atoms with E-state index in [1.54, 1.807) is 11.7 Å². The summed E-state index contributed by atoms with van der Waals surface area (Å²) in [5, 5.41) is 18.3. The molecule has 2 heterocycles. The van der Waals surface area contributed by atoms with Crippen LogP contribution in [-0.4, -0.2) is 30.8 Å². The monoisotopic (exact) mass is 361 g/mol. The summed E-state index contributed by atoms with van der Waals surface area (Å²) in [7, 11) is 1.77. The third-order valence-electron chi connectivity index (χ3n) is 4.37. The summed E-state index contributed by atoms with van der Waals surface area (Å²) in [5.41, 5.74) is 3.37. The van der Waals surface area contributed by atoms with E-state index in [1.165, 1.54) is 0 Å². The van der Waals surface area contributed by atoms with E-state index in [0.29, 0.717) is 11.5 Å². The number of carbonyl (C=O) groups excluding carboxylic acids is 1. The zero-order valence-electron chi connectivity index (χ0n) is 15.0. The molecular formula is C19H19N7O. The number of nitrogens with zero attached hydrogens (tertiary/aromatic N) is 5. The van der Waals surface area contributed by atoms with Crippen LogP contribution in [-0.2, 0) is 13.6 Å². The first kappa shape index (κ1) is 16.8. The van der Waals surface area contributed by atoms with Crippen molar-refractivity contribution in [2.75, 3.05) is 10.6 Å². The molecule has 0 fully saturated rings. The Morgan fingerprint density at radius 2 is 1.89 bits per heavy atom. The molecule has 2 amide bonds. The number of amides is 2. The highest BCUT2D eigenvalue weighted by Gasteiger charge is 2.09. The largest absolute Gasteiger partial charge is 0.348 e. The Bertz CT molecular complexity index is 1110. The maximum absolute atomic E-state index is 12.4. The summed E-state index contributed by atoms with van der Waals surface area (Å²) in [6, 6.07) is 15.0. The molecule has 0 unspecified atom stereocenters. The van der Waals surface area contributed by atoms with Crippen LogP contribution in [0.2, 0.25) is 0 Å². The number of tetrazole rings is 1. The highest BCUT2D eigenvalue weighted by molar-refractivity contribution is 6.01. The molecule has 2 N–H and O–H groups in total. The molecule has 4 rings (SSSR count). The number of anilines is 2. The van der Waals surface area contributed by atoms with Crippen LogP contribution < -0.4 is 10.6 Å². The minimum absolute atomic E-state index is 0.308. The van der Waals surface area contributed by atoms with Crippen LogP contribution in [0, 0.1) is 0 Å². The van der Waals surface area contributed by atoms with Gasteiger partial charge in [0.25, 0.3) is 0 Å². The molecule has 0 spiro atoms. The third kappa shape index (κ3) is 3.37. The predicted octanol–water partition coefficient (Wildman–Crippen LogP) is 3.50. The zero-order chi connectivity index (χ0) is 18.8.